The number of benzene rings is 2. The Labute approximate surface area is 143 Å². The van der Waals surface area contributed by atoms with E-state index in [4.69, 9.17) is 4.98 Å². The molecule has 3 nitrogen and oxygen atoms in total. The van der Waals surface area contributed by atoms with Gasteiger partial charge < -0.3 is 10.2 Å². The lowest BCUT2D eigenvalue weighted by molar-refractivity contribution is 0.425. The summed E-state index contributed by atoms with van der Waals surface area (Å²) < 4.78 is 0. The molecule has 0 atom stereocenters. The Balaban J connectivity index is 1.88. The second kappa shape index (κ2) is 5.91. The number of rotatable bonds is 4. The average Bonchev–Trinajstić information content (AvgIpc) is 2.93. The summed E-state index contributed by atoms with van der Waals surface area (Å²) in [7, 11) is 4.22. The van der Waals surface area contributed by atoms with Crippen LogP contribution in [0.15, 0.2) is 42.5 Å². The smallest absolute Gasteiger partial charge is 0.0768 e. The maximum atomic E-state index is 4.99. The molecule has 1 aliphatic carbocycles. The van der Waals surface area contributed by atoms with Crippen LogP contribution in [0.4, 0.5) is 5.69 Å². The minimum absolute atomic E-state index is 0.933. The van der Waals surface area contributed by atoms with Crippen LogP contribution < -0.4 is 5.32 Å². The minimum Gasteiger partial charge on any atom is -0.383 e. The standard InChI is InChI=1S/C21H23N3/c1-14-8-9-19-17(12-14)20(22-10-11-24(2)3)18-13-15-6-4-5-7-16(15)21(18)23-19/h4-9,12H,10-11,13H2,1-3H3,(H,22,23). The number of anilines is 1. The number of fused-ring (bicyclic) bond motifs is 4. The highest BCUT2D eigenvalue weighted by Crippen LogP contribution is 2.42. The average molecular weight is 317 g/mol. The third-order valence-electron chi connectivity index (χ3n) is 4.74. The van der Waals surface area contributed by atoms with Crippen molar-refractivity contribution < 1.29 is 0 Å². The van der Waals surface area contributed by atoms with Gasteiger partial charge in [0, 0.05) is 41.7 Å². The molecule has 0 radical (unpaired) electrons. The van der Waals surface area contributed by atoms with Gasteiger partial charge in [0.15, 0.2) is 0 Å². The number of aryl methyl sites for hydroxylation is 1. The zero-order chi connectivity index (χ0) is 16.7. The summed E-state index contributed by atoms with van der Waals surface area (Å²) in [5.41, 5.74) is 8.76. The Morgan fingerprint density at radius 3 is 2.79 bits per heavy atom. The molecular weight excluding hydrogens is 294 g/mol. The molecule has 0 spiro atoms. The fraction of sp³-hybridized carbons (Fsp3) is 0.286. The maximum Gasteiger partial charge on any atom is 0.0768 e. The van der Waals surface area contributed by atoms with E-state index in [0.29, 0.717) is 0 Å². The zero-order valence-electron chi connectivity index (χ0n) is 14.6. The largest absolute Gasteiger partial charge is 0.383 e. The van der Waals surface area contributed by atoms with Gasteiger partial charge in [-0.05, 0) is 38.7 Å². The van der Waals surface area contributed by atoms with Crippen LogP contribution in [0.5, 0.6) is 0 Å². The van der Waals surface area contributed by atoms with Gasteiger partial charge in [0.2, 0.25) is 0 Å². The molecular formula is C21H23N3. The predicted molar refractivity (Wildman–Crippen MR) is 102 cm³/mol. The van der Waals surface area contributed by atoms with Crippen molar-refractivity contribution in [2.24, 2.45) is 0 Å². The number of pyridine rings is 1. The number of likely N-dealkylation sites (N-methyl/N-ethyl adjacent to an activating group) is 1. The first-order valence-electron chi connectivity index (χ1n) is 8.53. The molecule has 0 saturated carbocycles. The summed E-state index contributed by atoms with van der Waals surface area (Å²) in [6.07, 6.45) is 0.965. The number of nitrogens with zero attached hydrogens (tertiary/aromatic N) is 2. The van der Waals surface area contributed by atoms with Crippen LogP contribution in [0.3, 0.4) is 0 Å². The van der Waals surface area contributed by atoms with Gasteiger partial charge in [-0.2, -0.15) is 0 Å². The third-order valence-corrected chi connectivity index (χ3v) is 4.74. The van der Waals surface area contributed by atoms with Crippen LogP contribution in [0.1, 0.15) is 16.7 Å². The summed E-state index contributed by atoms with van der Waals surface area (Å²) in [5.74, 6) is 0. The van der Waals surface area contributed by atoms with Crippen molar-refractivity contribution in [1.29, 1.82) is 0 Å². The van der Waals surface area contributed by atoms with E-state index >= 15 is 0 Å². The second-order valence-corrected chi connectivity index (χ2v) is 6.90. The van der Waals surface area contributed by atoms with Crippen molar-refractivity contribution in [1.82, 2.24) is 9.88 Å². The van der Waals surface area contributed by atoms with Gasteiger partial charge in [0.05, 0.1) is 11.2 Å². The summed E-state index contributed by atoms with van der Waals surface area (Å²) >= 11 is 0. The highest BCUT2D eigenvalue weighted by Gasteiger charge is 2.24. The van der Waals surface area contributed by atoms with Crippen LogP contribution in [0, 0.1) is 6.92 Å². The third kappa shape index (κ3) is 2.55. The van der Waals surface area contributed by atoms with Crippen molar-refractivity contribution >= 4 is 16.6 Å². The Kier molecular flexibility index (Phi) is 3.73. The van der Waals surface area contributed by atoms with E-state index in [0.717, 1.165) is 30.7 Å². The van der Waals surface area contributed by atoms with Crippen molar-refractivity contribution in [3.63, 3.8) is 0 Å². The lowest BCUT2D eigenvalue weighted by atomic mass is 10.0. The molecule has 0 bridgehead atoms. The lowest BCUT2D eigenvalue weighted by Gasteiger charge is -2.17. The number of hydrogen-bond acceptors (Lipinski definition) is 3. The topological polar surface area (TPSA) is 28.2 Å². The molecule has 1 heterocycles. The van der Waals surface area contributed by atoms with Crippen LogP contribution >= 0.6 is 0 Å². The van der Waals surface area contributed by atoms with Gasteiger partial charge in [-0.15, -0.1) is 0 Å². The monoisotopic (exact) mass is 317 g/mol. The molecule has 0 aliphatic heterocycles. The van der Waals surface area contributed by atoms with Crippen molar-refractivity contribution in [2.75, 3.05) is 32.5 Å². The Morgan fingerprint density at radius 1 is 1.12 bits per heavy atom. The van der Waals surface area contributed by atoms with E-state index < -0.39 is 0 Å². The molecule has 0 fully saturated rings. The van der Waals surface area contributed by atoms with Gasteiger partial charge in [-0.1, -0.05) is 35.9 Å². The molecule has 1 aliphatic rings. The highest BCUT2D eigenvalue weighted by atomic mass is 15.1. The maximum absolute atomic E-state index is 4.99. The first-order valence-corrected chi connectivity index (χ1v) is 8.53. The fourth-order valence-corrected chi connectivity index (χ4v) is 3.51. The zero-order valence-corrected chi connectivity index (χ0v) is 14.6. The van der Waals surface area contributed by atoms with Crippen molar-refractivity contribution in [3.05, 3.63) is 59.2 Å². The van der Waals surface area contributed by atoms with E-state index in [1.54, 1.807) is 0 Å². The normalized spacial score (nSPS) is 12.5. The summed E-state index contributed by atoms with van der Waals surface area (Å²) in [5, 5.41) is 4.94. The fourth-order valence-electron chi connectivity index (χ4n) is 3.51. The van der Waals surface area contributed by atoms with Gasteiger partial charge in [-0.25, -0.2) is 4.98 Å². The molecule has 2 aromatic carbocycles. The minimum atomic E-state index is 0.933. The molecule has 0 saturated heterocycles. The second-order valence-electron chi connectivity index (χ2n) is 6.90. The Hall–Kier alpha value is -2.39. The van der Waals surface area contributed by atoms with Crippen LogP contribution in [-0.4, -0.2) is 37.1 Å². The van der Waals surface area contributed by atoms with E-state index in [2.05, 4.69) is 73.7 Å². The van der Waals surface area contributed by atoms with Gasteiger partial charge in [0.25, 0.3) is 0 Å². The molecule has 24 heavy (non-hydrogen) atoms. The van der Waals surface area contributed by atoms with Gasteiger partial charge in [-0.3, -0.25) is 0 Å². The quantitative estimate of drug-likeness (QED) is 0.614. The summed E-state index contributed by atoms with van der Waals surface area (Å²) in [6.45, 7) is 4.09. The molecule has 1 aromatic heterocycles. The molecule has 4 rings (SSSR count). The number of aromatic nitrogens is 1. The first-order chi connectivity index (χ1) is 11.6. The lowest BCUT2D eigenvalue weighted by Crippen LogP contribution is -2.21. The van der Waals surface area contributed by atoms with E-state index in [1.807, 2.05) is 0 Å². The molecule has 3 heteroatoms. The van der Waals surface area contributed by atoms with Crippen molar-refractivity contribution in [3.8, 4) is 11.3 Å². The van der Waals surface area contributed by atoms with E-state index in [1.165, 1.54) is 33.3 Å². The summed E-state index contributed by atoms with van der Waals surface area (Å²) in [4.78, 5) is 7.20. The Bertz CT molecular complexity index is 912. The van der Waals surface area contributed by atoms with E-state index in [9.17, 15) is 0 Å². The Morgan fingerprint density at radius 2 is 1.96 bits per heavy atom. The van der Waals surface area contributed by atoms with Gasteiger partial charge in [0.1, 0.15) is 0 Å². The van der Waals surface area contributed by atoms with Crippen molar-refractivity contribution in [2.45, 2.75) is 13.3 Å². The highest BCUT2D eigenvalue weighted by molar-refractivity contribution is 5.98. The van der Waals surface area contributed by atoms with Gasteiger partial charge >= 0.3 is 0 Å². The summed E-state index contributed by atoms with van der Waals surface area (Å²) in [6, 6.07) is 15.2. The number of hydrogen-bond donors (Lipinski definition) is 1. The molecule has 3 aromatic rings. The number of nitrogens with one attached hydrogen (secondary N) is 1. The molecule has 122 valence electrons. The molecule has 1 N–H and O–H groups in total. The first kappa shape index (κ1) is 15.2. The van der Waals surface area contributed by atoms with E-state index in [-0.39, 0.29) is 0 Å². The molecule has 0 unspecified atom stereocenters. The predicted octanol–water partition coefficient (Wildman–Crippen LogP) is 4.09. The van der Waals surface area contributed by atoms with Crippen LogP contribution in [0.25, 0.3) is 22.2 Å². The van der Waals surface area contributed by atoms with Crippen LogP contribution in [-0.2, 0) is 6.42 Å². The molecule has 0 amide bonds. The van der Waals surface area contributed by atoms with Crippen LogP contribution in [0.2, 0.25) is 0 Å². The SMILES string of the molecule is Cc1ccc2nc3c(c(NCCN(C)C)c2c1)Cc1ccccc1-3.